The van der Waals surface area contributed by atoms with Gasteiger partial charge in [0.05, 0.1) is 22.1 Å². The van der Waals surface area contributed by atoms with E-state index in [0.717, 1.165) is 4.47 Å². The first-order valence-electron chi connectivity index (χ1n) is 5.81. The number of amides is 1. The summed E-state index contributed by atoms with van der Waals surface area (Å²) in [5.41, 5.74) is 0.386. The topological polar surface area (TPSA) is 63.2 Å². The zero-order valence-electron chi connectivity index (χ0n) is 10.0. The van der Waals surface area contributed by atoms with Crippen molar-refractivity contribution >= 4 is 43.3 Å². The Morgan fingerprint density at radius 1 is 1.47 bits per heavy atom. The van der Waals surface area contributed by atoms with Crippen LogP contribution in [-0.4, -0.2) is 32.4 Å². The monoisotopic (exact) mass is 365 g/mol. The summed E-state index contributed by atoms with van der Waals surface area (Å²) in [6.45, 7) is 0.362. The maximum absolute atomic E-state index is 12.0. The van der Waals surface area contributed by atoms with Crippen molar-refractivity contribution < 1.29 is 13.2 Å². The molecule has 1 heterocycles. The van der Waals surface area contributed by atoms with Gasteiger partial charge >= 0.3 is 0 Å². The molecule has 1 N–H and O–H groups in total. The number of hydrogen-bond donors (Lipinski definition) is 1. The minimum absolute atomic E-state index is 0.000113. The molecule has 4 nitrogen and oxygen atoms in total. The number of carbonyl (C=O) groups excluding carboxylic acids is 1. The van der Waals surface area contributed by atoms with Crippen LogP contribution in [-0.2, 0) is 9.84 Å². The van der Waals surface area contributed by atoms with E-state index >= 15 is 0 Å². The Kier molecular flexibility index (Phi) is 4.53. The van der Waals surface area contributed by atoms with Crippen LogP contribution in [0.1, 0.15) is 16.8 Å². The van der Waals surface area contributed by atoms with Crippen LogP contribution in [0.25, 0.3) is 0 Å². The molecule has 1 saturated heterocycles. The van der Waals surface area contributed by atoms with Crippen molar-refractivity contribution in [3.05, 3.63) is 33.3 Å². The highest BCUT2D eigenvalue weighted by molar-refractivity contribution is 9.10. The second kappa shape index (κ2) is 5.81. The van der Waals surface area contributed by atoms with E-state index in [1.807, 2.05) is 0 Å². The van der Waals surface area contributed by atoms with Gasteiger partial charge in [-0.25, -0.2) is 8.42 Å². The molecule has 7 heteroatoms. The molecule has 1 unspecified atom stereocenters. The van der Waals surface area contributed by atoms with Crippen LogP contribution in [0.5, 0.6) is 0 Å². The van der Waals surface area contributed by atoms with E-state index in [1.54, 1.807) is 18.2 Å². The average molecular weight is 367 g/mol. The van der Waals surface area contributed by atoms with Crippen LogP contribution in [0.15, 0.2) is 22.7 Å². The normalized spacial score (nSPS) is 21.3. The summed E-state index contributed by atoms with van der Waals surface area (Å²) in [5.74, 6) is 0.0838. The van der Waals surface area contributed by atoms with Crippen molar-refractivity contribution in [2.75, 3.05) is 18.1 Å². The maximum Gasteiger partial charge on any atom is 0.252 e. The lowest BCUT2D eigenvalue weighted by Gasteiger charge is -2.10. The van der Waals surface area contributed by atoms with Crippen LogP contribution in [0.2, 0.25) is 5.02 Å². The van der Waals surface area contributed by atoms with Crippen molar-refractivity contribution in [2.24, 2.45) is 5.92 Å². The molecule has 0 radical (unpaired) electrons. The van der Waals surface area contributed by atoms with Gasteiger partial charge < -0.3 is 5.32 Å². The molecule has 1 aromatic rings. The van der Waals surface area contributed by atoms with E-state index in [0.29, 0.717) is 23.6 Å². The van der Waals surface area contributed by atoms with E-state index in [-0.39, 0.29) is 23.3 Å². The van der Waals surface area contributed by atoms with Crippen molar-refractivity contribution in [1.29, 1.82) is 0 Å². The summed E-state index contributed by atoms with van der Waals surface area (Å²) in [6.07, 6.45) is 0.606. The van der Waals surface area contributed by atoms with Crippen LogP contribution in [0, 0.1) is 5.92 Å². The lowest BCUT2D eigenvalue weighted by molar-refractivity contribution is 0.0948. The molecule has 1 aliphatic heterocycles. The van der Waals surface area contributed by atoms with Gasteiger partial charge in [-0.2, -0.15) is 0 Å². The van der Waals surface area contributed by atoms with E-state index in [2.05, 4.69) is 21.2 Å². The Morgan fingerprint density at radius 2 is 2.21 bits per heavy atom. The van der Waals surface area contributed by atoms with Crippen molar-refractivity contribution in [3.8, 4) is 0 Å². The van der Waals surface area contributed by atoms with Crippen molar-refractivity contribution in [1.82, 2.24) is 5.32 Å². The quantitative estimate of drug-likeness (QED) is 0.892. The molecular weight excluding hydrogens is 354 g/mol. The highest BCUT2D eigenvalue weighted by Gasteiger charge is 2.28. The van der Waals surface area contributed by atoms with E-state index < -0.39 is 9.84 Å². The third kappa shape index (κ3) is 3.94. The summed E-state index contributed by atoms with van der Waals surface area (Å²) in [7, 11) is -2.91. The SMILES string of the molecule is O=C(NCC1CCS(=O)(=O)C1)c1cc(Br)ccc1Cl. The Bertz CT molecular complexity index is 603. The van der Waals surface area contributed by atoms with Gasteiger partial charge in [-0.1, -0.05) is 27.5 Å². The van der Waals surface area contributed by atoms with Gasteiger partial charge in [-0.05, 0) is 30.5 Å². The standard InChI is InChI=1S/C12H13BrClNO3S/c13-9-1-2-11(14)10(5-9)12(16)15-6-8-3-4-19(17,18)7-8/h1-2,5,8H,3-4,6-7H2,(H,15,16). The van der Waals surface area contributed by atoms with E-state index in [4.69, 9.17) is 11.6 Å². The minimum Gasteiger partial charge on any atom is -0.352 e. The molecule has 0 bridgehead atoms. The fourth-order valence-corrected chi connectivity index (χ4v) is 4.46. The molecule has 0 aliphatic carbocycles. The number of nitrogens with one attached hydrogen (secondary N) is 1. The minimum atomic E-state index is -2.91. The molecule has 0 aromatic heterocycles. The first-order valence-corrected chi connectivity index (χ1v) is 8.80. The largest absolute Gasteiger partial charge is 0.352 e. The first-order chi connectivity index (χ1) is 8.87. The third-order valence-corrected chi connectivity index (χ3v) is 5.71. The smallest absolute Gasteiger partial charge is 0.252 e. The van der Waals surface area contributed by atoms with Gasteiger partial charge in [0.15, 0.2) is 9.84 Å². The molecule has 0 spiro atoms. The van der Waals surface area contributed by atoms with Gasteiger partial charge in [-0.15, -0.1) is 0 Å². The second-order valence-corrected chi connectivity index (χ2v) is 8.15. The zero-order valence-corrected chi connectivity index (χ0v) is 13.2. The Labute approximate surface area is 125 Å². The second-order valence-electron chi connectivity index (χ2n) is 4.60. The van der Waals surface area contributed by atoms with Gasteiger partial charge in [0.1, 0.15) is 0 Å². The molecule has 19 heavy (non-hydrogen) atoms. The number of sulfone groups is 1. The van der Waals surface area contributed by atoms with Crippen LogP contribution >= 0.6 is 27.5 Å². The summed E-state index contributed by atoms with van der Waals surface area (Å²) in [6, 6.07) is 5.03. The van der Waals surface area contributed by atoms with E-state index in [9.17, 15) is 13.2 Å². The Morgan fingerprint density at radius 3 is 2.84 bits per heavy atom. The maximum atomic E-state index is 12.0. The van der Waals surface area contributed by atoms with Crippen molar-refractivity contribution in [3.63, 3.8) is 0 Å². The molecule has 1 fully saturated rings. The molecule has 2 rings (SSSR count). The summed E-state index contributed by atoms with van der Waals surface area (Å²) in [5, 5.41) is 3.11. The first kappa shape index (κ1) is 14.8. The average Bonchev–Trinajstić information content (AvgIpc) is 2.69. The predicted molar refractivity (Wildman–Crippen MR) is 78.2 cm³/mol. The van der Waals surface area contributed by atoms with Crippen LogP contribution < -0.4 is 5.32 Å². The van der Waals surface area contributed by atoms with Gasteiger partial charge in [-0.3, -0.25) is 4.79 Å². The number of benzene rings is 1. The van der Waals surface area contributed by atoms with Gasteiger partial charge in [0.25, 0.3) is 5.91 Å². The van der Waals surface area contributed by atoms with Crippen molar-refractivity contribution in [2.45, 2.75) is 6.42 Å². The molecular formula is C12H13BrClNO3S. The van der Waals surface area contributed by atoms with E-state index in [1.165, 1.54) is 0 Å². The number of carbonyl (C=O) groups is 1. The van der Waals surface area contributed by atoms with Crippen LogP contribution in [0.4, 0.5) is 0 Å². The highest BCUT2D eigenvalue weighted by Crippen LogP contribution is 2.21. The highest BCUT2D eigenvalue weighted by atomic mass is 79.9. The molecule has 1 amide bonds. The zero-order chi connectivity index (χ0) is 14.0. The third-order valence-electron chi connectivity index (χ3n) is 3.05. The molecule has 104 valence electrons. The molecule has 1 atom stereocenters. The Balaban J connectivity index is 1.97. The summed E-state index contributed by atoms with van der Waals surface area (Å²) >= 11 is 9.23. The number of hydrogen-bond acceptors (Lipinski definition) is 3. The lowest BCUT2D eigenvalue weighted by atomic mass is 10.1. The fraction of sp³-hybridized carbons (Fsp3) is 0.417. The molecule has 0 saturated carbocycles. The molecule has 1 aliphatic rings. The van der Waals surface area contributed by atoms with Gasteiger partial charge in [0.2, 0.25) is 0 Å². The van der Waals surface area contributed by atoms with Gasteiger partial charge in [0, 0.05) is 11.0 Å². The predicted octanol–water partition coefficient (Wildman–Crippen LogP) is 2.27. The fourth-order valence-electron chi connectivity index (χ4n) is 2.04. The summed E-state index contributed by atoms with van der Waals surface area (Å²) < 4.78 is 23.4. The number of halogens is 2. The lowest BCUT2D eigenvalue weighted by Crippen LogP contribution is -2.30. The molecule has 1 aromatic carbocycles. The number of rotatable bonds is 3. The van der Waals surface area contributed by atoms with Crippen LogP contribution in [0.3, 0.4) is 0 Å². The summed E-state index contributed by atoms with van der Waals surface area (Å²) in [4.78, 5) is 12.0. The Hall–Kier alpha value is -0.590.